The summed E-state index contributed by atoms with van der Waals surface area (Å²) < 4.78 is 18.7. The Hall–Kier alpha value is -2.70. The number of carboxylic acid groups (broad SMARTS) is 1. The maximum Gasteiger partial charge on any atom is 0.372 e. The van der Waals surface area contributed by atoms with Crippen LogP contribution in [0.15, 0.2) is 22.6 Å². The minimum Gasteiger partial charge on any atom is -0.475 e. The van der Waals surface area contributed by atoms with Gasteiger partial charge in [-0.25, -0.2) is 4.79 Å². The second kappa shape index (κ2) is 11.8. The van der Waals surface area contributed by atoms with E-state index < -0.39 is 12.0 Å². The van der Waals surface area contributed by atoms with Crippen molar-refractivity contribution in [2.75, 3.05) is 13.2 Å². The molecule has 3 fully saturated rings. The molecule has 1 aromatic carbocycles. The average Bonchev–Trinajstić information content (AvgIpc) is 3.54. The summed E-state index contributed by atoms with van der Waals surface area (Å²) in [6, 6.07) is 5.03. The molecular weight excluding hydrogens is 497 g/mol. The first kappa shape index (κ1) is 27.9. The van der Waals surface area contributed by atoms with Gasteiger partial charge in [0, 0.05) is 29.8 Å². The van der Waals surface area contributed by atoms with Crippen molar-refractivity contribution in [3.63, 3.8) is 0 Å². The molecule has 1 amide bonds. The first-order valence-electron chi connectivity index (χ1n) is 14.9. The van der Waals surface area contributed by atoms with Gasteiger partial charge in [0.15, 0.2) is 5.78 Å². The minimum absolute atomic E-state index is 0.0422. The molecule has 1 aromatic heterocycles. The molecule has 3 aliphatic rings. The quantitative estimate of drug-likeness (QED) is 0.400. The number of nitrogens with zero attached hydrogens (tertiary/aromatic N) is 1. The molecule has 0 unspecified atom stereocenters. The van der Waals surface area contributed by atoms with Crippen LogP contribution in [0, 0.1) is 36.5 Å². The molecule has 5 rings (SSSR count). The van der Waals surface area contributed by atoms with Crippen molar-refractivity contribution in [1.29, 1.82) is 0 Å². The second-order valence-corrected chi connectivity index (χ2v) is 12.4. The zero-order chi connectivity index (χ0) is 27.7. The number of aromatic carboxylic acids is 1. The number of furan rings is 1. The Balaban J connectivity index is 1.36. The molecule has 0 bridgehead atoms. The number of ketones is 1. The Morgan fingerprint density at radius 1 is 1.05 bits per heavy atom. The third-order valence-electron chi connectivity index (χ3n) is 10.1. The topological polar surface area (TPSA) is 87.8 Å². The van der Waals surface area contributed by atoms with E-state index in [1.807, 2.05) is 24.0 Å². The zero-order valence-corrected chi connectivity index (χ0v) is 23.3. The largest absolute Gasteiger partial charge is 0.475 e. The molecule has 2 saturated carbocycles. The number of fused-ring (bicyclic) bond motifs is 1. The molecule has 2 aliphatic carbocycles. The molecule has 2 heterocycles. The van der Waals surface area contributed by atoms with Gasteiger partial charge in [-0.15, -0.1) is 0 Å². The lowest BCUT2D eigenvalue weighted by Gasteiger charge is -2.37. The Bertz CT molecular complexity index is 1210. The standard InChI is InChI=1S/C32H42FNO5/c1-19(18-33)22-9-11-24(12-10-22)31(36)34-15-14-25(23-6-4-3-5-7-23)29(34)27(35)17-21-8-13-28-26(16-21)20(2)30(39-28)32(37)38/h8,13,16,19,22-25,29H,3-7,9-12,14-15,17-18H2,1-2H3,(H,37,38)/t19-,22?,24?,25+,29+/m1/s1. The molecule has 39 heavy (non-hydrogen) atoms. The SMILES string of the molecule is Cc1c(C(=O)O)oc2ccc(CC(=O)[C@@H]3[C@H](C4CCCCC4)CCN3C(=O)C3CCC([C@H](C)CF)CC3)cc12. The molecular formula is C32H42FNO5. The summed E-state index contributed by atoms with van der Waals surface area (Å²) in [5.74, 6) is -0.00759. The van der Waals surface area contributed by atoms with Gasteiger partial charge in [-0.3, -0.25) is 14.0 Å². The van der Waals surface area contributed by atoms with Crippen LogP contribution in [0.1, 0.15) is 92.8 Å². The first-order valence-corrected chi connectivity index (χ1v) is 14.9. The highest BCUT2D eigenvalue weighted by molar-refractivity contribution is 5.96. The second-order valence-electron chi connectivity index (χ2n) is 12.4. The van der Waals surface area contributed by atoms with Gasteiger partial charge in [-0.2, -0.15) is 0 Å². The Labute approximate surface area is 230 Å². The third kappa shape index (κ3) is 5.64. The number of amides is 1. The highest BCUT2D eigenvalue weighted by Gasteiger charge is 2.46. The minimum atomic E-state index is -1.11. The molecule has 6 nitrogen and oxygen atoms in total. The van der Waals surface area contributed by atoms with Crippen molar-refractivity contribution in [2.24, 2.45) is 29.6 Å². The fourth-order valence-electron chi connectivity index (χ4n) is 7.72. The molecule has 1 saturated heterocycles. The number of Topliss-reactive ketones (excluding diaryl/α,β-unsaturated/α-hetero) is 1. The lowest BCUT2D eigenvalue weighted by Crippen LogP contribution is -2.48. The number of halogens is 1. The van der Waals surface area contributed by atoms with E-state index in [0.29, 0.717) is 34.9 Å². The van der Waals surface area contributed by atoms with Gasteiger partial charge >= 0.3 is 5.97 Å². The molecule has 7 heteroatoms. The lowest BCUT2D eigenvalue weighted by atomic mass is 9.74. The molecule has 1 N–H and O–H groups in total. The predicted octanol–water partition coefficient (Wildman–Crippen LogP) is 6.76. The number of carbonyl (C=O) groups is 3. The number of carboxylic acids is 1. The van der Waals surface area contributed by atoms with Gasteiger partial charge < -0.3 is 14.4 Å². The van der Waals surface area contributed by atoms with Crippen LogP contribution in [0.25, 0.3) is 11.0 Å². The van der Waals surface area contributed by atoms with Gasteiger partial charge in [-0.1, -0.05) is 45.1 Å². The predicted molar refractivity (Wildman–Crippen MR) is 147 cm³/mol. The van der Waals surface area contributed by atoms with Gasteiger partial charge in [0.2, 0.25) is 11.7 Å². The van der Waals surface area contributed by atoms with Crippen LogP contribution in [-0.2, 0) is 16.0 Å². The van der Waals surface area contributed by atoms with Crippen LogP contribution in [0.5, 0.6) is 0 Å². The molecule has 3 atom stereocenters. The Morgan fingerprint density at radius 3 is 2.44 bits per heavy atom. The summed E-state index contributed by atoms with van der Waals surface area (Å²) in [4.78, 5) is 41.3. The van der Waals surface area contributed by atoms with E-state index in [1.54, 1.807) is 13.0 Å². The van der Waals surface area contributed by atoms with Crippen molar-refractivity contribution in [1.82, 2.24) is 4.90 Å². The van der Waals surface area contributed by atoms with Crippen LogP contribution < -0.4 is 0 Å². The lowest BCUT2D eigenvalue weighted by molar-refractivity contribution is -0.143. The fraction of sp³-hybridized carbons (Fsp3) is 0.656. The number of likely N-dealkylation sites (tertiary alicyclic amines) is 1. The molecule has 2 aromatic rings. The first-order chi connectivity index (χ1) is 18.8. The van der Waals surface area contributed by atoms with E-state index in [9.17, 15) is 23.9 Å². The van der Waals surface area contributed by atoms with Crippen LogP contribution >= 0.6 is 0 Å². The average molecular weight is 540 g/mol. The highest BCUT2D eigenvalue weighted by Crippen LogP contribution is 2.42. The highest BCUT2D eigenvalue weighted by atomic mass is 19.1. The summed E-state index contributed by atoms with van der Waals surface area (Å²) in [6.07, 6.45) is 10.3. The molecule has 1 aliphatic heterocycles. The van der Waals surface area contributed by atoms with E-state index in [4.69, 9.17) is 4.42 Å². The van der Waals surface area contributed by atoms with E-state index in [2.05, 4.69) is 0 Å². The summed E-state index contributed by atoms with van der Waals surface area (Å²) >= 11 is 0. The van der Waals surface area contributed by atoms with Gasteiger partial charge in [-0.05, 0) is 80.4 Å². The van der Waals surface area contributed by atoms with Crippen LogP contribution in [0.4, 0.5) is 4.39 Å². The summed E-state index contributed by atoms with van der Waals surface area (Å²) in [7, 11) is 0. The molecule has 212 valence electrons. The normalized spacial score (nSPS) is 27.1. The van der Waals surface area contributed by atoms with Crippen LogP contribution in [0.3, 0.4) is 0 Å². The number of rotatable bonds is 8. The monoisotopic (exact) mass is 539 g/mol. The number of benzene rings is 1. The van der Waals surface area contributed by atoms with Gasteiger partial charge in [0.05, 0.1) is 12.7 Å². The van der Waals surface area contributed by atoms with E-state index in [0.717, 1.165) is 50.5 Å². The number of alkyl halides is 1. The smallest absolute Gasteiger partial charge is 0.372 e. The summed E-state index contributed by atoms with van der Waals surface area (Å²) in [5.41, 5.74) is 1.87. The summed E-state index contributed by atoms with van der Waals surface area (Å²) in [5, 5.41) is 10.1. The van der Waals surface area contributed by atoms with E-state index >= 15 is 0 Å². The molecule has 0 radical (unpaired) electrons. The van der Waals surface area contributed by atoms with Crippen molar-refractivity contribution >= 4 is 28.6 Å². The number of carbonyl (C=O) groups excluding carboxylic acids is 2. The van der Waals surface area contributed by atoms with Crippen LogP contribution in [-0.4, -0.2) is 46.9 Å². The van der Waals surface area contributed by atoms with Crippen molar-refractivity contribution < 1.29 is 28.3 Å². The number of hydrogen-bond donors (Lipinski definition) is 1. The third-order valence-corrected chi connectivity index (χ3v) is 10.1. The van der Waals surface area contributed by atoms with Gasteiger partial charge in [0.25, 0.3) is 0 Å². The fourth-order valence-corrected chi connectivity index (χ4v) is 7.72. The van der Waals surface area contributed by atoms with E-state index in [-0.39, 0.29) is 48.3 Å². The Kier molecular flexibility index (Phi) is 8.43. The summed E-state index contributed by atoms with van der Waals surface area (Å²) in [6.45, 7) is 4.01. The van der Waals surface area contributed by atoms with Crippen molar-refractivity contribution in [2.45, 2.75) is 90.5 Å². The maximum absolute atomic E-state index is 14.0. The van der Waals surface area contributed by atoms with Gasteiger partial charge in [0.1, 0.15) is 5.58 Å². The zero-order valence-electron chi connectivity index (χ0n) is 23.3. The van der Waals surface area contributed by atoms with Crippen LogP contribution in [0.2, 0.25) is 0 Å². The van der Waals surface area contributed by atoms with E-state index in [1.165, 1.54) is 19.3 Å². The number of hydrogen-bond acceptors (Lipinski definition) is 4. The van der Waals surface area contributed by atoms with Crippen molar-refractivity contribution in [3.05, 3.63) is 35.1 Å². The van der Waals surface area contributed by atoms with Crippen molar-refractivity contribution in [3.8, 4) is 0 Å². The Morgan fingerprint density at radius 2 is 1.77 bits per heavy atom. The maximum atomic E-state index is 14.0. The number of aryl methyl sites for hydroxylation is 1. The molecule has 0 spiro atoms.